The maximum absolute atomic E-state index is 15.3. The molecule has 56 heavy (non-hydrogen) atoms. The number of hydrogen-bond acceptors (Lipinski definition) is 11. The highest BCUT2D eigenvalue weighted by atomic mass is 19.1. The van der Waals surface area contributed by atoms with Gasteiger partial charge in [-0.3, -0.25) is 34.3 Å². The summed E-state index contributed by atoms with van der Waals surface area (Å²) in [7, 11) is 0. The van der Waals surface area contributed by atoms with Crippen LogP contribution in [0.4, 0.5) is 26.5 Å². The number of piperazine rings is 1. The second-order valence-electron chi connectivity index (χ2n) is 14.6. The smallest absolute Gasteiger partial charge is 0.321 e. The number of carbonyl (C=O) groups excluding carboxylic acids is 5. The average Bonchev–Trinajstić information content (AvgIpc) is 3.72. The lowest BCUT2D eigenvalue weighted by atomic mass is 10.0. The second kappa shape index (κ2) is 16.0. The molecule has 7 rings (SSSR count). The minimum Gasteiger partial charge on any atom is -0.394 e. The van der Waals surface area contributed by atoms with Crippen molar-refractivity contribution in [1.82, 2.24) is 34.6 Å². The van der Waals surface area contributed by atoms with E-state index in [0.29, 0.717) is 44.2 Å². The Balaban J connectivity index is 0.923. The van der Waals surface area contributed by atoms with Gasteiger partial charge in [0.2, 0.25) is 11.8 Å². The van der Waals surface area contributed by atoms with Gasteiger partial charge in [-0.25, -0.2) is 14.2 Å². The van der Waals surface area contributed by atoms with Gasteiger partial charge in [0.1, 0.15) is 23.5 Å². The van der Waals surface area contributed by atoms with Crippen molar-refractivity contribution in [2.75, 3.05) is 48.7 Å². The summed E-state index contributed by atoms with van der Waals surface area (Å²) in [5.41, 5.74) is 3.50. The van der Waals surface area contributed by atoms with Crippen LogP contribution >= 0.6 is 0 Å². The van der Waals surface area contributed by atoms with Crippen molar-refractivity contribution in [3.8, 4) is 0 Å². The molecular formula is C39H45FN10O6. The molecule has 0 bridgehead atoms. The lowest BCUT2D eigenvalue weighted by Gasteiger charge is -2.34. The second-order valence-corrected chi connectivity index (χ2v) is 14.6. The van der Waals surface area contributed by atoms with Crippen molar-refractivity contribution in [1.29, 1.82) is 0 Å². The van der Waals surface area contributed by atoms with Crippen molar-refractivity contribution in [3.05, 3.63) is 82.3 Å². The Labute approximate surface area is 322 Å². The molecular weight excluding hydrogens is 723 g/mol. The van der Waals surface area contributed by atoms with E-state index < -0.39 is 35.5 Å². The van der Waals surface area contributed by atoms with Gasteiger partial charge < -0.3 is 26.0 Å². The van der Waals surface area contributed by atoms with E-state index in [4.69, 9.17) is 4.98 Å². The first kappa shape index (κ1) is 38.3. The Morgan fingerprint density at radius 1 is 1.02 bits per heavy atom. The highest BCUT2D eigenvalue weighted by Gasteiger charge is 2.45. The molecule has 2 aromatic carbocycles. The zero-order valence-corrected chi connectivity index (χ0v) is 31.5. The molecule has 294 valence electrons. The van der Waals surface area contributed by atoms with Crippen LogP contribution < -0.4 is 21.3 Å². The summed E-state index contributed by atoms with van der Waals surface area (Å²) in [4.78, 5) is 72.6. The molecule has 2 saturated heterocycles. The monoisotopic (exact) mass is 768 g/mol. The van der Waals surface area contributed by atoms with E-state index >= 15 is 4.39 Å². The zero-order chi connectivity index (χ0) is 39.7. The molecule has 2 atom stereocenters. The highest BCUT2D eigenvalue weighted by molar-refractivity contribution is 6.23. The molecule has 4 aromatic rings. The Morgan fingerprint density at radius 3 is 2.39 bits per heavy atom. The number of hydrogen-bond donors (Lipinski definition) is 5. The Morgan fingerprint density at radius 2 is 1.73 bits per heavy atom. The molecule has 16 nitrogen and oxygen atoms in total. The number of nitrogens with zero attached hydrogens (tertiary/aromatic N) is 6. The average molecular weight is 769 g/mol. The van der Waals surface area contributed by atoms with Gasteiger partial charge in [0, 0.05) is 68.6 Å². The number of aliphatic hydroxyl groups is 1. The number of halogens is 1. The summed E-state index contributed by atoms with van der Waals surface area (Å²) < 4.78 is 17.0. The summed E-state index contributed by atoms with van der Waals surface area (Å²) in [5.74, 6) is -1.68. The quantitative estimate of drug-likeness (QED) is 0.133. The summed E-state index contributed by atoms with van der Waals surface area (Å²) in [5, 5.41) is 26.2. The molecule has 5 N–H and O–H groups in total. The van der Waals surface area contributed by atoms with Gasteiger partial charge in [-0.1, -0.05) is 32.9 Å². The largest absolute Gasteiger partial charge is 0.394 e. The molecule has 0 radical (unpaired) electrons. The predicted octanol–water partition coefficient (Wildman–Crippen LogP) is 3.54. The van der Waals surface area contributed by atoms with Gasteiger partial charge in [-0.05, 0) is 48.6 Å². The summed E-state index contributed by atoms with van der Waals surface area (Å²) in [6, 6.07) is 10.3. The van der Waals surface area contributed by atoms with E-state index in [2.05, 4.69) is 40.2 Å². The minimum absolute atomic E-state index is 0.00641. The van der Waals surface area contributed by atoms with E-state index in [0.717, 1.165) is 40.0 Å². The van der Waals surface area contributed by atoms with Gasteiger partial charge in [-0.15, -0.1) is 0 Å². The van der Waals surface area contributed by atoms with E-state index in [1.54, 1.807) is 9.42 Å². The number of amides is 6. The van der Waals surface area contributed by atoms with Crippen molar-refractivity contribution >= 4 is 52.6 Å². The van der Waals surface area contributed by atoms with Crippen molar-refractivity contribution in [2.45, 2.75) is 71.1 Å². The van der Waals surface area contributed by atoms with Gasteiger partial charge in [0.15, 0.2) is 5.65 Å². The Hall–Kier alpha value is -5.94. The number of urea groups is 1. The number of aromatic nitrogens is 3. The summed E-state index contributed by atoms with van der Waals surface area (Å²) in [6.45, 7) is 8.50. The van der Waals surface area contributed by atoms with Crippen molar-refractivity contribution in [2.24, 2.45) is 0 Å². The van der Waals surface area contributed by atoms with Crippen LogP contribution in [0.2, 0.25) is 0 Å². The molecule has 6 amide bonds. The standard InChI is InChI=1S/C39H45FN10O6/c1-4-25(21-51)43-32-17-33(50-35(45-32)29(19-42-50)22(2)3)41-18-23-5-7-26(8-6-23)44-39(56)48-13-11-47(12-14-48)20-24-15-27-28(16-30(24)40)38(55)49(37(27)54)31-9-10-34(52)46-36(31)53/h5-8,15-17,19,22,25,31,41,51H,4,9-14,18,20-21H2,1-3H3,(H,43,45)(H,44,56)(H,46,52,53)/t25-,31?/m0/s1. The molecule has 0 aliphatic carbocycles. The maximum Gasteiger partial charge on any atom is 0.321 e. The third-order valence-electron chi connectivity index (χ3n) is 10.5. The predicted molar refractivity (Wildman–Crippen MR) is 205 cm³/mol. The molecule has 5 heterocycles. The van der Waals surface area contributed by atoms with Crippen molar-refractivity contribution in [3.63, 3.8) is 0 Å². The number of anilines is 3. The van der Waals surface area contributed by atoms with Gasteiger partial charge in [0.25, 0.3) is 11.8 Å². The van der Waals surface area contributed by atoms with Crippen molar-refractivity contribution < 1.29 is 33.5 Å². The number of piperidine rings is 1. The molecule has 1 unspecified atom stereocenters. The van der Waals surface area contributed by atoms with Crippen LogP contribution in [0.1, 0.15) is 83.4 Å². The fourth-order valence-electron chi connectivity index (χ4n) is 7.18. The third-order valence-corrected chi connectivity index (χ3v) is 10.5. The number of rotatable bonds is 12. The topological polar surface area (TPSA) is 194 Å². The number of aliphatic hydroxyl groups excluding tert-OH is 1. The Bertz CT molecular complexity index is 2180. The summed E-state index contributed by atoms with van der Waals surface area (Å²) >= 11 is 0. The Kier molecular flexibility index (Phi) is 11.0. The molecule has 0 spiro atoms. The van der Waals surface area contributed by atoms with Crippen LogP contribution in [-0.4, -0.2) is 109 Å². The van der Waals surface area contributed by atoms with Crippen LogP contribution in [0.5, 0.6) is 0 Å². The summed E-state index contributed by atoms with van der Waals surface area (Å²) in [6.07, 6.45) is 2.57. The fourth-order valence-corrected chi connectivity index (χ4v) is 7.18. The number of benzene rings is 2. The minimum atomic E-state index is -1.13. The lowest BCUT2D eigenvalue weighted by molar-refractivity contribution is -0.136. The number of nitrogens with one attached hydrogen (secondary N) is 4. The SMILES string of the molecule is CC[C@@H](CO)Nc1cc(NCc2ccc(NC(=O)N3CCN(Cc4cc5c(cc4F)C(=O)N(C4CCC(=O)NC4=O)C5=O)CC3)cc2)n2ncc(C(C)C)c2n1. The number of imide groups is 2. The molecule has 3 aliphatic rings. The molecule has 0 saturated carbocycles. The third kappa shape index (κ3) is 7.77. The molecule has 2 fully saturated rings. The molecule has 2 aromatic heterocycles. The van der Waals surface area contributed by atoms with Crippen LogP contribution in [0.3, 0.4) is 0 Å². The van der Waals surface area contributed by atoms with Gasteiger partial charge in [0.05, 0.1) is 30.0 Å². The van der Waals surface area contributed by atoms with E-state index in [-0.39, 0.29) is 60.7 Å². The van der Waals surface area contributed by atoms with E-state index in [9.17, 15) is 29.1 Å². The van der Waals surface area contributed by atoms with Crippen LogP contribution in [0.15, 0.2) is 48.7 Å². The van der Waals surface area contributed by atoms with Gasteiger partial charge >= 0.3 is 6.03 Å². The lowest BCUT2D eigenvalue weighted by Crippen LogP contribution is -2.54. The zero-order valence-electron chi connectivity index (χ0n) is 31.5. The molecule has 17 heteroatoms. The first-order valence-electron chi connectivity index (χ1n) is 18.8. The fraction of sp³-hybridized carbons (Fsp3) is 0.410. The van der Waals surface area contributed by atoms with Crippen LogP contribution in [0.25, 0.3) is 5.65 Å². The maximum atomic E-state index is 15.3. The van der Waals surface area contributed by atoms with E-state index in [1.807, 2.05) is 48.4 Å². The van der Waals surface area contributed by atoms with Gasteiger partial charge in [-0.2, -0.15) is 9.61 Å². The number of carbonyl (C=O) groups is 5. The highest BCUT2D eigenvalue weighted by Crippen LogP contribution is 2.31. The van der Waals surface area contributed by atoms with E-state index in [1.165, 1.54) is 6.07 Å². The molecule has 3 aliphatic heterocycles. The first-order valence-corrected chi connectivity index (χ1v) is 18.8. The van der Waals surface area contributed by atoms with Crippen LogP contribution in [0, 0.1) is 5.82 Å². The normalized spacial score (nSPS) is 18.1. The van der Waals surface area contributed by atoms with Crippen LogP contribution in [-0.2, 0) is 22.7 Å². The first-order chi connectivity index (χ1) is 26.9. The number of fused-ring (bicyclic) bond motifs is 2.